The largest absolute Gasteiger partial charge is 0.441 e. The molecule has 0 spiro atoms. The van der Waals surface area contributed by atoms with Crippen molar-refractivity contribution in [1.29, 1.82) is 0 Å². The minimum Gasteiger partial charge on any atom is -0.441 e. The highest BCUT2D eigenvalue weighted by Gasteiger charge is 1.98. The van der Waals surface area contributed by atoms with Crippen LogP contribution in [0.3, 0.4) is 0 Å². The van der Waals surface area contributed by atoms with Crippen LogP contribution in [0.5, 0.6) is 5.75 Å². The second kappa shape index (κ2) is 3.30. The fourth-order valence-corrected chi connectivity index (χ4v) is 0.843. The maximum absolute atomic E-state index is 5.75. The summed E-state index contributed by atoms with van der Waals surface area (Å²) in [6.45, 7) is 3.39. The first kappa shape index (κ1) is 7.95. The fraction of sp³-hybridized carbons (Fsp3) is 0. The molecule has 0 aromatic heterocycles. The Labute approximate surface area is 70.2 Å². The van der Waals surface area contributed by atoms with E-state index in [9.17, 15) is 0 Å². The van der Waals surface area contributed by atoms with E-state index < -0.39 is 0 Å². The van der Waals surface area contributed by atoms with Crippen LogP contribution in [0.4, 0.5) is 0 Å². The lowest BCUT2D eigenvalue weighted by atomic mass is 10.3. The molecule has 0 amide bonds. The van der Waals surface area contributed by atoms with Crippen molar-refractivity contribution < 1.29 is 4.74 Å². The SMILES string of the molecule is C=C(N)Oc1ccccc1Cl. The van der Waals surface area contributed by atoms with Crippen LogP contribution in [0.15, 0.2) is 36.7 Å². The molecule has 0 saturated carbocycles. The molecule has 1 aromatic carbocycles. The maximum Gasteiger partial charge on any atom is 0.183 e. The fourth-order valence-electron chi connectivity index (χ4n) is 0.669. The van der Waals surface area contributed by atoms with E-state index in [4.69, 9.17) is 22.1 Å². The van der Waals surface area contributed by atoms with Crippen molar-refractivity contribution in [2.24, 2.45) is 5.73 Å². The summed E-state index contributed by atoms with van der Waals surface area (Å²) in [5, 5.41) is 0.527. The van der Waals surface area contributed by atoms with Crippen LogP contribution in [-0.4, -0.2) is 0 Å². The molecule has 0 aliphatic heterocycles. The minimum atomic E-state index is 0.137. The van der Waals surface area contributed by atoms with Crippen molar-refractivity contribution in [3.05, 3.63) is 41.8 Å². The molecule has 0 bridgehead atoms. The highest BCUT2D eigenvalue weighted by atomic mass is 35.5. The van der Waals surface area contributed by atoms with Gasteiger partial charge in [-0.1, -0.05) is 23.7 Å². The molecule has 0 atom stereocenters. The quantitative estimate of drug-likeness (QED) is 0.689. The van der Waals surface area contributed by atoms with Gasteiger partial charge in [0, 0.05) is 0 Å². The molecule has 2 N–H and O–H groups in total. The van der Waals surface area contributed by atoms with Gasteiger partial charge >= 0.3 is 0 Å². The first-order chi connectivity index (χ1) is 5.20. The number of hydrogen-bond acceptors (Lipinski definition) is 2. The normalized spacial score (nSPS) is 9.18. The zero-order chi connectivity index (χ0) is 8.27. The number of para-hydroxylation sites is 1. The van der Waals surface area contributed by atoms with Gasteiger partial charge in [0.25, 0.3) is 0 Å². The van der Waals surface area contributed by atoms with Gasteiger partial charge in [-0.05, 0) is 18.7 Å². The lowest BCUT2D eigenvalue weighted by Gasteiger charge is -2.04. The van der Waals surface area contributed by atoms with E-state index in [1.54, 1.807) is 12.1 Å². The maximum atomic E-state index is 5.75. The number of halogens is 1. The van der Waals surface area contributed by atoms with Crippen LogP contribution in [-0.2, 0) is 0 Å². The van der Waals surface area contributed by atoms with Crippen molar-refractivity contribution in [1.82, 2.24) is 0 Å². The molecular formula is C8H8ClNO. The molecule has 1 aromatic rings. The van der Waals surface area contributed by atoms with Gasteiger partial charge < -0.3 is 10.5 Å². The molecule has 0 aliphatic rings. The van der Waals surface area contributed by atoms with Gasteiger partial charge in [0.15, 0.2) is 5.88 Å². The number of rotatable bonds is 2. The van der Waals surface area contributed by atoms with Gasteiger partial charge in [0.05, 0.1) is 5.02 Å². The zero-order valence-corrected chi connectivity index (χ0v) is 6.64. The lowest BCUT2D eigenvalue weighted by molar-refractivity contribution is 0.423. The van der Waals surface area contributed by atoms with Crippen molar-refractivity contribution in [3.63, 3.8) is 0 Å². The molecule has 11 heavy (non-hydrogen) atoms. The lowest BCUT2D eigenvalue weighted by Crippen LogP contribution is -2.03. The average molecular weight is 170 g/mol. The Kier molecular flexibility index (Phi) is 2.39. The Hall–Kier alpha value is -1.15. The van der Waals surface area contributed by atoms with Gasteiger partial charge in [0.2, 0.25) is 0 Å². The Morgan fingerprint density at radius 3 is 2.64 bits per heavy atom. The van der Waals surface area contributed by atoms with E-state index in [-0.39, 0.29) is 5.88 Å². The zero-order valence-electron chi connectivity index (χ0n) is 5.88. The van der Waals surface area contributed by atoms with Crippen LogP contribution < -0.4 is 10.5 Å². The number of benzene rings is 1. The molecule has 0 heterocycles. The summed E-state index contributed by atoms with van der Waals surface area (Å²) in [6, 6.07) is 7.07. The third-order valence-corrected chi connectivity index (χ3v) is 1.39. The average Bonchev–Trinajstić information content (AvgIpc) is 1.93. The molecule has 58 valence electrons. The van der Waals surface area contributed by atoms with Crippen LogP contribution >= 0.6 is 11.6 Å². The van der Waals surface area contributed by atoms with Crippen molar-refractivity contribution in [2.45, 2.75) is 0 Å². The standard InChI is InChI=1S/C8H8ClNO/c1-6(10)11-8-5-3-2-4-7(8)9/h2-5H,1,10H2. The molecule has 0 aliphatic carbocycles. The van der Waals surface area contributed by atoms with E-state index in [0.29, 0.717) is 10.8 Å². The van der Waals surface area contributed by atoms with Crippen LogP contribution in [0.1, 0.15) is 0 Å². The van der Waals surface area contributed by atoms with Crippen molar-refractivity contribution in [3.8, 4) is 5.75 Å². The van der Waals surface area contributed by atoms with Gasteiger partial charge in [-0.15, -0.1) is 0 Å². The van der Waals surface area contributed by atoms with Crippen LogP contribution in [0.2, 0.25) is 5.02 Å². The van der Waals surface area contributed by atoms with E-state index >= 15 is 0 Å². The first-order valence-electron chi connectivity index (χ1n) is 3.07. The van der Waals surface area contributed by atoms with E-state index in [1.807, 2.05) is 12.1 Å². The Balaban J connectivity index is 2.86. The number of hydrogen-bond donors (Lipinski definition) is 1. The molecule has 0 radical (unpaired) electrons. The molecule has 3 heteroatoms. The summed E-state index contributed by atoms with van der Waals surface area (Å²) in [6.07, 6.45) is 0. The van der Waals surface area contributed by atoms with Crippen molar-refractivity contribution in [2.75, 3.05) is 0 Å². The van der Waals surface area contributed by atoms with Gasteiger partial charge in [-0.3, -0.25) is 0 Å². The molecular weight excluding hydrogens is 162 g/mol. The molecule has 2 nitrogen and oxygen atoms in total. The molecule has 0 fully saturated rings. The first-order valence-corrected chi connectivity index (χ1v) is 3.44. The summed E-state index contributed by atoms with van der Waals surface area (Å²) < 4.78 is 5.00. The molecule has 0 unspecified atom stereocenters. The second-order valence-electron chi connectivity index (χ2n) is 2.00. The van der Waals surface area contributed by atoms with Gasteiger partial charge in [0.1, 0.15) is 5.75 Å². The van der Waals surface area contributed by atoms with Gasteiger partial charge in [-0.2, -0.15) is 0 Å². The van der Waals surface area contributed by atoms with E-state index in [1.165, 1.54) is 0 Å². The number of ether oxygens (including phenoxy) is 1. The third-order valence-electron chi connectivity index (χ3n) is 1.08. The number of nitrogens with two attached hydrogens (primary N) is 1. The van der Waals surface area contributed by atoms with Crippen LogP contribution in [0, 0.1) is 0 Å². The summed E-state index contributed by atoms with van der Waals surface area (Å²) in [5.41, 5.74) is 5.22. The summed E-state index contributed by atoms with van der Waals surface area (Å²) in [4.78, 5) is 0. The van der Waals surface area contributed by atoms with Gasteiger partial charge in [-0.25, -0.2) is 0 Å². The second-order valence-corrected chi connectivity index (χ2v) is 2.41. The summed E-state index contributed by atoms with van der Waals surface area (Å²) in [5.74, 6) is 0.666. The monoisotopic (exact) mass is 169 g/mol. The highest BCUT2D eigenvalue weighted by molar-refractivity contribution is 6.32. The Bertz CT molecular complexity index is 273. The molecule has 0 saturated heterocycles. The minimum absolute atomic E-state index is 0.137. The van der Waals surface area contributed by atoms with Crippen molar-refractivity contribution >= 4 is 11.6 Å². The topological polar surface area (TPSA) is 35.2 Å². The third kappa shape index (κ3) is 2.16. The Morgan fingerprint density at radius 2 is 2.09 bits per heavy atom. The smallest absolute Gasteiger partial charge is 0.183 e. The predicted octanol–water partition coefficient (Wildman–Crippen LogP) is 2.15. The van der Waals surface area contributed by atoms with E-state index in [0.717, 1.165) is 0 Å². The highest BCUT2D eigenvalue weighted by Crippen LogP contribution is 2.23. The predicted molar refractivity (Wildman–Crippen MR) is 45.4 cm³/mol. The summed E-state index contributed by atoms with van der Waals surface area (Å²) >= 11 is 5.75. The molecule has 1 rings (SSSR count). The summed E-state index contributed by atoms with van der Waals surface area (Å²) in [7, 11) is 0. The Morgan fingerprint density at radius 1 is 1.45 bits per heavy atom. The van der Waals surface area contributed by atoms with Crippen LogP contribution in [0.25, 0.3) is 0 Å². The van der Waals surface area contributed by atoms with E-state index in [2.05, 4.69) is 6.58 Å².